The summed E-state index contributed by atoms with van der Waals surface area (Å²) in [6, 6.07) is 0. The van der Waals surface area contributed by atoms with Crippen LogP contribution in [0.1, 0.15) is 52.7 Å². The molecule has 210 valence electrons. The molecule has 1 aliphatic rings. The minimum Gasteiger partial charge on any atom is -0.387 e. The van der Waals surface area contributed by atoms with Gasteiger partial charge in [-0.25, -0.2) is 19.1 Å². The second-order valence-corrected chi connectivity index (χ2v) is 12.0. The van der Waals surface area contributed by atoms with Crippen LogP contribution in [0.15, 0.2) is 12.5 Å². The largest absolute Gasteiger partial charge is 0.481 e. The molecule has 2 aromatic heterocycles. The van der Waals surface area contributed by atoms with E-state index in [9.17, 15) is 24.2 Å². The molecular formula is C19H32N4O12P2. The third-order valence-electron chi connectivity index (χ3n) is 5.33. The van der Waals surface area contributed by atoms with Gasteiger partial charge < -0.3 is 49.4 Å². The van der Waals surface area contributed by atoms with Crippen molar-refractivity contribution in [3.8, 4) is 0 Å². The zero-order valence-electron chi connectivity index (χ0n) is 20.7. The molecule has 5 atom stereocenters. The van der Waals surface area contributed by atoms with Crippen molar-refractivity contribution < 1.29 is 57.1 Å². The Bertz CT molecular complexity index is 1190. The second-order valence-electron chi connectivity index (χ2n) is 9.18. The smallest absolute Gasteiger partial charge is 0.387 e. The summed E-state index contributed by atoms with van der Waals surface area (Å²) in [5, 5.41) is 22.2. The van der Waals surface area contributed by atoms with Crippen LogP contribution in [0.5, 0.6) is 0 Å². The van der Waals surface area contributed by atoms with Crippen LogP contribution >= 0.6 is 15.6 Å². The molecule has 0 radical (unpaired) electrons. The monoisotopic (exact) mass is 570 g/mol. The fraction of sp³-hybridized carbons (Fsp3) is 0.684. The van der Waals surface area contributed by atoms with Crippen molar-refractivity contribution in [1.29, 1.82) is 0 Å². The molecule has 4 unspecified atom stereocenters. The Hall–Kier alpha value is -1.52. The molecule has 1 saturated heterocycles. The Labute approximate surface area is 212 Å². The van der Waals surface area contributed by atoms with Crippen molar-refractivity contribution in [1.82, 2.24) is 14.5 Å². The molecule has 18 heteroatoms. The summed E-state index contributed by atoms with van der Waals surface area (Å²) >= 11 is 0. The van der Waals surface area contributed by atoms with Gasteiger partial charge in [-0.3, -0.25) is 4.52 Å². The molecule has 0 aromatic carbocycles. The summed E-state index contributed by atoms with van der Waals surface area (Å²) in [4.78, 5) is 35.4. The predicted molar refractivity (Wildman–Crippen MR) is 127 cm³/mol. The summed E-state index contributed by atoms with van der Waals surface area (Å²) in [7, 11) is -10.6. The molecule has 0 spiro atoms. The van der Waals surface area contributed by atoms with Crippen molar-refractivity contribution in [3.05, 3.63) is 18.1 Å². The van der Waals surface area contributed by atoms with Gasteiger partial charge in [0, 0.05) is 11.8 Å². The lowest BCUT2D eigenvalue weighted by atomic mass is 9.96. The molecule has 3 heterocycles. The molecule has 16 nitrogen and oxygen atoms in total. The highest BCUT2D eigenvalue weighted by Gasteiger charge is 2.54. The third-order valence-corrected chi connectivity index (χ3v) is 7.48. The zero-order valence-corrected chi connectivity index (χ0v) is 22.5. The lowest BCUT2D eigenvalue weighted by Gasteiger charge is -2.28. The number of fused-ring (bicyclic) bond motifs is 1. The Balaban J connectivity index is 1.99. The van der Waals surface area contributed by atoms with Crippen LogP contribution in [-0.4, -0.2) is 76.1 Å². The number of nitrogens with zero attached hydrogens (tertiary/aromatic N) is 3. The van der Waals surface area contributed by atoms with E-state index in [0.29, 0.717) is 10.9 Å². The number of hydrogen-bond donors (Lipinski definition) is 6. The number of aromatic nitrogens is 3. The van der Waals surface area contributed by atoms with E-state index in [1.54, 1.807) is 0 Å². The number of rotatable bonds is 11. The number of nitrogens with two attached hydrogens (primary N) is 1. The van der Waals surface area contributed by atoms with E-state index in [1.165, 1.54) is 24.0 Å². The van der Waals surface area contributed by atoms with Gasteiger partial charge in [-0.05, 0) is 34.6 Å². The average molecular weight is 570 g/mol. The van der Waals surface area contributed by atoms with E-state index >= 15 is 0 Å². The van der Waals surface area contributed by atoms with Crippen molar-refractivity contribution in [2.75, 3.05) is 12.3 Å². The van der Waals surface area contributed by atoms with E-state index in [2.05, 4.69) is 18.8 Å². The van der Waals surface area contributed by atoms with E-state index in [0.717, 1.165) is 0 Å². The van der Waals surface area contributed by atoms with Gasteiger partial charge in [-0.2, -0.15) is 4.31 Å². The Morgan fingerprint density at radius 1 is 1.16 bits per heavy atom. The molecule has 0 aliphatic carbocycles. The van der Waals surface area contributed by atoms with E-state index < -0.39 is 52.6 Å². The van der Waals surface area contributed by atoms with Crippen LogP contribution in [0.25, 0.3) is 11.0 Å². The average Bonchev–Trinajstić information content (AvgIpc) is 3.20. The molecule has 0 bridgehead atoms. The lowest BCUT2D eigenvalue weighted by molar-refractivity contribution is -0.185. The van der Waals surface area contributed by atoms with Crippen molar-refractivity contribution >= 4 is 32.5 Å². The Morgan fingerprint density at radius 2 is 1.76 bits per heavy atom. The normalized spacial score (nSPS) is 26.6. The Kier molecular flexibility index (Phi) is 8.87. The molecular weight excluding hydrogens is 538 g/mol. The maximum absolute atomic E-state index is 11.8. The molecule has 2 aromatic rings. The van der Waals surface area contributed by atoms with Gasteiger partial charge in [-0.15, -0.1) is 0 Å². The fourth-order valence-electron chi connectivity index (χ4n) is 3.87. The predicted octanol–water partition coefficient (Wildman–Crippen LogP) is 1.10. The van der Waals surface area contributed by atoms with Gasteiger partial charge in [0.25, 0.3) is 0 Å². The topological polar surface area (TPSA) is 238 Å². The number of aliphatic hydroxyl groups is 2. The zero-order chi connectivity index (χ0) is 27.9. The first-order valence-electron chi connectivity index (χ1n) is 11.1. The van der Waals surface area contributed by atoms with Crippen molar-refractivity contribution in [2.24, 2.45) is 0 Å². The maximum Gasteiger partial charge on any atom is 0.481 e. The minimum absolute atomic E-state index is 0.0948. The van der Waals surface area contributed by atoms with Gasteiger partial charge in [0.2, 0.25) is 0 Å². The Morgan fingerprint density at radius 3 is 2.30 bits per heavy atom. The fourth-order valence-corrected chi connectivity index (χ4v) is 5.47. The third kappa shape index (κ3) is 6.92. The van der Waals surface area contributed by atoms with Crippen LogP contribution in [0.3, 0.4) is 0 Å². The summed E-state index contributed by atoms with van der Waals surface area (Å²) in [5.74, 6) is 0.0948. The molecule has 1 fully saturated rings. The van der Waals surface area contributed by atoms with E-state index in [-0.39, 0.29) is 23.7 Å². The van der Waals surface area contributed by atoms with Crippen LogP contribution in [0, 0.1) is 0 Å². The number of phosphoric ester groups is 1. The number of phosphoric acid groups is 2. The van der Waals surface area contributed by atoms with E-state index in [1.807, 2.05) is 27.7 Å². The van der Waals surface area contributed by atoms with E-state index in [4.69, 9.17) is 29.7 Å². The molecule has 37 heavy (non-hydrogen) atoms. The van der Waals surface area contributed by atoms with Crippen LogP contribution in [0.4, 0.5) is 5.82 Å². The van der Waals surface area contributed by atoms with Crippen molar-refractivity contribution in [2.45, 2.75) is 77.2 Å². The first-order valence-corrected chi connectivity index (χ1v) is 14.2. The highest BCUT2D eigenvalue weighted by atomic mass is 31.3. The summed E-state index contributed by atoms with van der Waals surface area (Å²) < 4.78 is 50.1. The summed E-state index contributed by atoms with van der Waals surface area (Å²) in [6.07, 6.45) is -3.11. The second kappa shape index (κ2) is 10.9. The number of nitrogen functional groups attached to an aromatic ring is 1. The maximum atomic E-state index is 11.8. The number of aliphatic hydroxyl groups excluding tert-OH is 1. The van der Waals surface area contributed by atoms with Gasteiger partial charge in [0.1, 0.15) is 35.6 Å². The minimum atomic E-state index is -5.35. The number of ether oxygens (including phenoxy) is 3. The SMILES string of the molecule is CC(C)OC(OC(C)C)c1cn(C2OC(COP(=O)(O)OP(=O)(O)O)C(O)[C@@]2(C)O)c2ncnc(N)c12. The first kappa shape index (κ1) is 30.0. The highest BCUT2D eigenvalue weighted by Crippen LogP contribution is 2.58. The van der Waals surface area contributed by atoms with Crippen molar-refractivity contribution in [3.63, 3.8) is 0 Å². The highest BCUT2D eigenvalue weighted by molar-refractivity contribution is 7.60. The number of hydrogen-bond acceptors (Lipinski definition) is 12. The quantitative estimate of drug-likeness (QED) is 0.164. The molecule has 7 N–H and O–H groups in total. The lowest BCUT2D eigenvalue weighted by Crippen LogP contribution is -2.44. The summed E-state index contributed by atoms with van der Waals surface area (Å²) in [5.41, 5.74) is 4.79. The standard InChI is InChI=1S/C19H32N4O12P2/c1-9(2)32-17(33-10(3)4)11-6-23(16-13(11)15(20)21-8-22-16)18-19(5,25)14(24)12(34-18)7-31-37(29,30)35-36(26,27)28/h6,8-10,12,14,17-18,24-25H,7H2,1-5H3,(H,29,30)(H2,20,21,22)(H2,26,27,28)/t12?,14?,18?,19-/m1/s1. The first-order chi connectivity index (χ1) is 16.9. The van der Waals surface area contributed by atoms with Crippen LogP contribution in [0.2, 0.25) is 0 Å². The molecule has 3 rings (SSSR count). The van der Waals surface area contributed by atoms with Gasteiger partial charge in [0.15, 0.2) is 12.5 Å². The van der Waals surface area contributed by atoms with Crippen LogP contribution in [-0.2, 0) is 32.2 Å². The van der Waals surface area contributed by atoms with Crippen LogP contribution < -0.4 is 5.73 Å². The molecule has 0 saturated carbocycles. The summed E-state index contributed by atoms with van der Waals surface area (Å²) in [6.45, 7) is 7.67. The van der Waals surface area contributed by atoms with Gasteiger partial charge in [-0.1, -0.05) is 0 Å². The van der Waals surface area contributed by atoms with Gasteiger partial charge >= 0.3 is 15.6 Å². The van der Waals surface area contributed by atoms with Gasteiger partial charge in [0.05, 0.1) is 24.2 Å². The number of anilines is 1. The molecule has 1 aliphatic heterocycles. The molecule has 0 amide bonds.